The molecule has 0 saturated carbocycles. The lowest BCUT2D eigenvalue weighted by Crippen LogP contribution is -2.09. The number of nitrogens with zero attached hydrogens (tertiary/aromatic N) is 4. The Morgan fingerprint density at radius 1 is 0.917 bits per heavy atom. The number of carbonyl (C=O) groups excluding carboxylic acids is 1. The second-order valence-electron chi connectivity index (χ2n) is 8.39. The number of H-pyrrole nitrogens is 2. The van der Waals surface area contributed by atoms with Gasteiger partial charge in [0.05, 0.1) is 29.3 Å². The van der Waals surface area contributed by atoms with Crippen LogP contribution in [0.15, 0.2) is 73.4 Å². The van der Waals surface area contributed by atoms with Crippen LogP contribution in [0.4, 0.5) is 10.1 Å². The third-order valence-corrected chi connectivity index (χ3v) is 6.05. The minimum absolute atomic E-state index is 0.0760. The summed E-state index contributed by atoms with van der Waals surface area (Å²) in [5.41, 5.74) is 7.06. The number of hydrogen-bond donors (Lipinski definition) is 3. The average Bonchev–Trinajstić information content (AvgIpc) is 3.53. The summed E-state index contributed by atoms with van der Waals surface area (Å²) < 4.78 is 13.4. The highest BCUT2D eigenvalue weighted by atomic mass is 19.1. The predicted octanol–water partition coefficient (Wildman–Crippen LogP) is 5.72. The third kappa shape index (κ3) is 3.86. The van der Waals surface area contributed by atoms with E-state index in [9.17, 15) is 9.18 Å². The van der Waals surface area contributed by atoms with Crippen molar-refractivity contribution in [3.05, 3.63) is 79.3 Å². The number of hydrogen-bond acceptors (Lipinski definition) is 5. The van der Waals surface area contributed by atoms with Gasteiger partial charge in [-0.3, -0.25) is 19.9 Å². The minimum Gasteiger partial charge on any atom is -0.352 e. The zero-order valence-electron chi connectivity index (χ0n) is 19.2. The Morgan fingerprint density at radius 2 is 1.72 bits per heavy atom. The molecule has 0 spiro atoms. The lowest BCUT2D eigenvalue weighted by atomic mass is 10.0. The Bertz CT molecular complexity index is 1740. The molecule has 0 atom stereocenters. The fourth-order valence-electron chi connectivity index (χ4n) is 4.22. The van der Waals surface area contributed by atoms with Gasteiger partial charge in [0.2, 0.25) is 5.91 Å². The second-order valence-corrected chi connectivity index (χ2v) is 8.39. The van der Waals surface area contributed by atoms with Gasteiger partial charge < -0.3 is 10.3 Å². The molecule has 0 unspecified atom stereocenters. The molecule has 5 heterocycles. The Hall–Kier alpha value is -4.92. The van der Waals surface area contributed by atoms with Crippen LogP contribution >= 0.6 is 0 Å². The van der Waals surface area contributed by atoms with Crippen molar-refractivity contribution in [2.45, 2.75) is 13.3 Å². The van der Waals surface area contributed by atoms with Gasteiger partial charge in [0.15, 0.2) is 5.65 Å². The zero-order chi connectivity index (χ0) is 24.6. The standard InChI is InChI=1S/C27H20FN7O/c1-2-25(36)32-19-7-16(10-29-12-19)17-8-21-26(34-35-27(21)31-11-17)23-9-20-22(13-30-14-24(20)33-23)15-3-5-18(28)6-4-15/h3-14,33H,2H2,1H3,(H,32,36)(H,31,34,35). The van der Waals surface area contributed by atoms with Crippen molar-refractivity contribution in [2.75, 3.05) is 5.32 Å². The molecule has 0 aliphatic rings. The van der Waals surface area contributed by atoms with E-state index in [1.165, 1.54) is 12.1 Å². The number of pyridine rings is 3. The van der Waals surface area contributed by atoms with Gasteiger partial charge >= 0.3 is 0 Å². The maximum absolute atomic E-state index is 13.4. The molecule has 0 saturated heterocycles. The zero-order valence-corrected chi connectivity index (χ0v) is 19.2. The van der Waals surface area contributed by atoms with E-state index in [0.717, 1.165) is 44.2 Å². The maximum atomic E-state index is 13.4. The number of anilines is 1. The fourth-order valence-corrected chi connectivity index (χ4v) is 4.22. The van der Waals surface area contributed by atoms with Crippen LogP contribution in [0.5, 0.6) is 0 Å². The highest BCUT2D eigenvalue weighted by molar-refractivity contribution is 6.00. The molecular formula is C27H20FN7O. The molecule has 0 radical (unpaired) electrons. The molecule has 36 heavy (non-hydrogen) atoms. The molecule has 0 fully saturated rings. The molecule has 1 aromatic carbocycles. The van der Waals surface area contributed by atoms with E-state index in [1.807, 2.05) is 18.2 Å². The Morgan fingerprint density at radius 3 is 2.56 bits per heavy atom. The van der Waals surface area contributed by atoms with Crippen molar-refractivity contribution < 1.29 is 9.18 Å². The summed E-state index contributed by atoms with van der Waals surface area (Å²) >= 11 is 0. The molecule has 0 aliphatic heterocycles. The quantitative estimate of drug-likeness (QED) is 0.294. The summed E-state index contributed by atoms with van der Waals surface area (Å²) in [4.78, 5) is 28.4. The monoisotopic (exact) mass is 477 g/mol. The number of nitrogens with one attached hydrogen (secondary N) is 3. The number of benzene rings is 1. The van der Waals surface area contributed by atoms with Gasteiger partial charge in [-0.25, -0.2) is 9.37 Å². The Labute approximate surface area is 204 Å². The minimum atomic E-state index is -0.284. The second kappa shape index (κ2) is 8.70. The molecule has 0 aliphatic carbocycles. The van der Waals surface area contributed by atoms with Crippen LogP contribution in [0, 0.1) is 5.82 Å². The molecule has 5 aromatic heterocycles. The van der Waals surface area contributed by atoms with Crippen molar-refractivity contribution in [1.29, 1.82) is 0 Å². The third-order valence-electron chi connectivity index (χ3n) is 6.05. The normalized spacial score (nSPS) is 11.3. The van der Waals surface area contributed by atoms with Crippen LogP contribution in [0.1, 0.15) is 13.3 Å². The number of aromatic nitrogens is 6. The molecule has 8 nitrogen and oxygen atoms in total. The first-order valence-corrected chi connectivity index (χ1v) is 11.4. The first kappa shape index (κ1) is 21.6. The van der Waals surface area contributed by atoms with Crippen LogP contribution in [0.2, 0.25) is 0 Å². The number of fused-ring (bicyclic) bond motifs is 2. The maximum Gasteiger partial charge on any atom is 0.224 e. The first-order chi connectivity index (χ1) is 17.6. The van der Waals surface area contributed by atoms with Crippen molar-refractivity contribution in [2.24, 2.45) is 0 Å². The van der Waals surface area contributed by atoms with Crippen LogP contribution < -0.4 is 5.32 Å². The van der Waals surface area contributed by atoms with E-state index in [2.05, 4.69) is 35.5 Å². The Balaban J connectivity index is 1.42. The summed E-state index contributed by atoms with van der Waals surface area (Å²) in [6, 6.07) is 12.2. The molecule has 3 N–H and O–H groups in total. The van der Waals surface area contributed by atoms with Crippen LogP contribution in [0.3, 0.4) is 0 Å². The van der Waals surface area contributed by atoms with Gasteiger partial charge in [-0.15, -0.1) is 0 Å². The number of amides is 1. The van der Waals surface area contributed by atoms with Gasteiger partial charge in [0.25, 0.3) is 0 Å². The molecule has 1 amide bonds. The largest absolute Gasteiger partial charge is 0.352 e. The van der Waals surface area contributed by atoms with Gasteiger partial charge in [-0.2, -0.15) is 5.10 Å². The summed E-state index contributed by atoms with van der Waals surface area (Å²) in [6.07, 6.45) is 9.00. The summed E-state index contributed by atoms with van der Waals surface area (Å²) in [6.45, 7) is 1.80. The number of carbonyl (C=O) groups is 1. The highest BCUT2D eigenvalue weighted by Gasteiger charge is 2.15. The summed E-state index contributed by atoms with van der Waals surface area (Å²) in [7, 11) is 0. The lowest BCUT2D eigenvalue weighted by Gasteiger charge is -2.06. The van der Waals surface area contributed by atoms with E-state index in [4.69, 9.17) is 0 Å². The van der Waals surface area contributed by atoms with Crippen LogP contribution in [-0.4, -0.2) is 36.0 Å². The van der Waals surface area contributed by atoms with Gasteiger partial charge in [0.1, 0.15) is 11.5 Å². The van der Waals surface area contributed by atoms with Crippen molar-refractivity contribution in [1.82, 2.24) is 30.1 Å². The number of halogens is 1. The molecule has 176 valence electrons. The number of rotatable bonds is 5. The van der Waals surface area contributed by atoms with E-state index >= 15 is 0 Å². The van der Waals surface area contributed by atoms with Crippen molar-refractivity contribution in [3.8, 4) is 33.6 Å². The average molecular weight is 478 g/mol. The predicted molar refractivity (Wildman–Crippen MR) is 137 cm³/mol. The SMILES string of the molecule is CCC(=O)Nc1cncc(-c2cnc3[nH]nc(-c4cc5c(-c6ccc(F)cc6)cncc5[nH]4)c3c2)c1. The molecule has 6 rings (SSSR count). The van der Waals surface area contributed by atoms with E-state index in [-0.39, 0.29) is 11.7 Å². The highest BCUT2D eigenvalue weighted by Crippen LogP contribution is 2.34. The molecule has 9 heteroatoms. The van der Waals surface area contributed by atoms with E-state index in [1.54, 1.807) is 50.0 Å². The van der Waals surface area contributed by atoms with E-state index in [0.29, 0.717) is 23.4 Å². The molecule has 0 bridgehead atoms. The summed E-state index contributed by atoms with van der Waals surface area (Å²) in [5.74, 6) is -0.360. The number of aromatic amines is 2. The fraction of sp³-hybridized carbons (Fsp3) is 0.0741. The summed E-state index contributed by atoms with van der Waals surface area (Å²) in [5, 5.41) is 12.1. The molecule has 6 aromatic rings. The van der Waals surface area contributed by atoms with Gasteiger partial charge in [-0.05, 0) is 35.9 Å². The first-order valence-electron chi connectivity index (χ1n) is 11.4. The topological polar surface area (TPSA) is 112 Å². The lowest BCUT2D eigenvalue weighted by molar-refractivity contribution is -0.115. The van der Waals surface area contributed by atoms with Gasteiger partial charge in [0, 0.05) is 52.5 Å². The van der Waals surface area contributed by atoms with E-state index < -0.39 is 0 Å². The van der Waals surface area contributed by atoms with Crippen molar-refractivity contribution in [3.63, 3.8) is 0 Å². The van der Waals surface area contributed by atoms with Crippen molar-refractivity contribution >= 4 is 33.5 Å². The van der Waals surface area contributed by atoms with Gasteiger partial charge in [-0.1, -0.05) is 19.1 Å². The smallest absolute Gasteiger partial charge is 0.224 e. The van der Waals surface area contributed by atoms with Crippen LogP contribution in [-0.2, 0) is 4.79 Å². The van der Waals surface area contributed by atoms with Crippen LogP contribution in [0.25, 0.3) is 55.6 Å². The Kier molecular flexibility index (Phi) is 5.22. The molecular weight excluding hydrogens is 457 g/mol.